The lowest BCUT2D eigenvalue weighted by Crippen LogP contribution is -2.35. The second-order valence-electron chi connectivity index (χ2n) is 4.96. The van der Waals surface area contributed by atoms with E-state index >= 15 is 0 Å². The molecule has 102 valence electrons. The molecule has 3 nitrogen and oxygen atoms in total. The number of hydrogen-bond acceptors (Lipinski definition) is 3. The van der Waals surface area contributed by atoms with E-state index in [0.717, 1.165) is 17.9 Å². The highest BCUT2D eigenvalue weighted by Crippen LogP contribution is 2.17. The van der Waals surface area contributed by atoms with Crippen molar-refractivity contribution in [3.8, 4) is 5.75 Å². The zero-order valence-electron chi connectivity index (χ0n) is 12.0. The Kier molecular flexibility index (Phi) is 6.16. The molecule has 0 aliphatic heterocycles. The van der Waals surface area contributed by atoms with Crippen molar-refractivity contribution in [2.45, 2.75) is 38.8 Å². The molecule has 0 bridgehead atoms. The van der Waals surface area contributed by atoms with Gasteiger partial charge < -0.3 is 15.4 Å². The molecule has 1 rings (SSSR count). The topological polar surface area (TPSA) is 38.5 Å². The third kappa shape index (κ3) is 4.31. The van der Waals surface area contributed by atoms with Crippen molar-refractivity contribution in [1.82, 2.24) is 4.90 Å². The maximum atomic E-state index is 6.24. The van der Waals surface area contributed by atoms with Gasteiger partial charge in [-0.15, -0.1) is 0 Å². The molecule has 0 aromatic heterocycles. The van der Waals surface area contributed by atoms with Crippen LogP contribution in [0.4, 0.5) is 0 Å². The van der Waals surface area contributed by atoms with Gasteiger partial charge in [0, 0.05) is 18.6 Å². The van der Waals surface area contributed by atoms with Gasteiger partial charge in [-0.25, -0.2) is 0 Å². The van der Waals surface area contributed by atoms with E-state index in [-0.39, 0.29) is 6.04 Å². The lowest BCUT2D eigenvalue weighted by Gasteiger charge is -2.27. The van der Waals surface area contributed by atoms with Crippen LogP contribution >= 0.6 is 0 Å². The van der Waals surface area contributed by atoms with Gasteiger partial charge in [-0.2, -0.15) is 0 Å². The average Bonchev–Trinajstić information content (AvgIpc) is 2.39. The highest BCUT2D eigenvalue weighted by atomic mass is 16.5. The van der Waals surface area contributed by atoms with Gasteiger partial charge in [0.05, 0.1) is 7.11 Å². The number of nitrogens with two attached hydrogens (primary N) is 1. The van der Waals surface area contributed by atoms with Crippen molar-refractivity contribution in [3.63, 3.8) is 0 Å². The van der Waals surface area contributed by atoms with Crippen LogP contribution in [0, 0.1) is 0 Å². The van der Waals surface area contributed by atoms with E-state index in [2.05, 4.69) is 25.8 Å². The molecular weight excluding hydrogens is 224 g/mol. The maximum absolute atomic E-state index is 6.24. The summed E-state index contributed by atoms with van der Waals surface area (Å²) in [5, 5.41) is 0. The van der Waals surface area contributed by atoms with E-state index in [4.69, 9.17) is 10.5 Å². The van der Waals surface area contributed by atoms with Crippen LogP contribution in [0.15, 0.2) is 24.3 Å². The summed E-state index contributed by atoms with van der Waals surface area (Å²) < 4.78 is 5.15. The highest BCUT2D eigenvalue weighted by molar-refractivity contribution is 5.29. The quantitative estimate of drug-likeness (QED) is 0.808. The fourth-order valence-corrected chi connectivity index (χ4v) is 2.08. The molecule has 0 aliphatic rings. The third-order valence-electron chi connectivity index (χ3n) is 3.49. The van der Waals surface area contributed by atoms with Crippen LogP contribution in [0.3, 0.4) is 0 Å². The van der Waals surface area contributed by atoms with Crippen molar-refractivity contribution < 1.29 is 4.74 Å². The number of nitrogens with zero attached hydrogens (tertiary/aromatic N) is 1. The minimum absolute atomic E-state index is 0.0558. The predicted octanol–water partition coefficient (Wildman–Crippen LogP) is 2.82. The first-order valence-electron chi connectivity index (χ1n) is 6.68. The van der Waals surface area contributed by atoms with Gasteiger partial charge >= 0.3 is 0 Å². The minimum atomic E-state index is 0.0558. The average molecular weight is 250 g/mol. The van der Waals surface area contributed by atoms with Crippen molar-refractivity contribution in [2.75, 3.05) is 20.7 Å². The Bertz CT molecular complexity index is 337. The lowest BCUT2D eigenvalue weighted by molar-refractivity contribution is 0.231. The molecule has 3 heteroatoms. The van der Waals surface area contributed by atoms with Gasteiger partial charge in [0.1, 0.15) is 5.75 Å². The molecule has 0 amide bonds. The predicted molar refractivity (Wildman–Crippen MR) is 76.9 cm³/mol. The fourth-order valence-electron chi connectivity index (χ4n) is 2.08. The number of rotatable bonds is 7. The number of ether oxygens (including phenoxy) is 1. The van der Waals surface area contributed by atoms with E-state index in [1.165, 1.54) is 12.8 Å². The number of methoxy groups -OCH3 is 1. The Morgan fingerprint density at radius 1 is 1.28 bits per heavy atom. The Balaban J connectivity index is 2.55. The number of hydrogen-bond donors (Lipinski definition) is 1. The Morgan fingerprint density at radius 2 is 1.89 bits per heavy atom. The molecule has 2 atom stereocenters. The molecule has 0 spiro atoms. The second-order valence-corrected chi connectivity index (χ2v) is 4.96. The minimum Gasteiger partial charge on any atom is -0.497 e. The van der Waals surface area contributed by atoms with Crippen molar-refractivity contribution in [3.05, 3.63) is 29.8 Å². The molecule has 0 saturated heterocycles. The second kappa shape index (κ2) is 7.39. The van der Waals surface area contributed by atoms with Crippen LogP contribution in [0.5, 0.6) is 5.75 Å². The molecule has 0 saturated carbocycles. The van der Waals surface area contributed by atoms with E-state index in [9.17, 15) is 0 Å². The Morgan fingerprint density at radius 3 is 2.39 bits per heavy atom. The van der Waals surface area contributed by atoms with Gasteiger partial charge in [0.2, 0.25) is 0 Å². The maximum Gasteiger partial charge on any atom is 0.118 e. The van der Waals surface area contributed by atoms with Gasteiger partial charge in [0.15, 0.2) is 0 Å². The van der Waals surface area contributed by atoms with Crippen LogP contribution in [-0.2, 0) is 0 Å². The SMILES string of the molecule is CCCC(C)N(C)CC(N)c1ccc(OC)cc1. The van der Waals surface area contributed by atoms with Gasteiger partial charge in [-0.3, -0.25) is 0 Å². The van der Waals surface area contributed by atoms with Crippen LogP contribution in [0.25, 0.3) is 0 Å². The smallest absolute Gasteiger partial charge is 0.118 e. The number of likely N-dealkylation sites (N-methyl/N-ethyl adjacent to an activating group) is 1. The first-order chi connectivity index (χ1) is 8.58. The lowest BCUT2D eigenvalue weighted by atomic mass is 10.1. The van der Waals surface area contributed by atoms with E-state index in [1.54, 1.807) is 7.11 Å². The van der Waals surface area contributed by atoms with Crippen LogP contribution in [0.2, 0.25) is 0 Å². The molecule has 0 fully saturated rings. The molecule has 0 aliphatic carbocycles. The standard InChI is InChI=1S/C15H26N2O/c1-5-6-12(2)17(3)11-15(16)13-7-9-14(18-4)10-8-13/h7-10,12,15H,5-6,11,16H2,1-4H3. The molecule has 2 N–H and O–H groups in total. The molecule has 1 aromatic carbocycles. The summed E-state index contributed by atoms with van der Waals surface area (Å²) in [6, 6.07) is 8.65. The summed E-state index contributed by atoms with van der Waals surface area (Å²) in [5.74, 6) is 0.874. The van der Waals surface area contributed by atoms with Crippen molar-refractivity contribution in [1.29, 1.82) is 0 Å². The monoisotopic (exact) mass is 250 g/mol. The molecule has 18 heavy (non-hydrogen) atoms. The Hall–Kier alpha value is -1.06. The van der Waals surface area contributed by atoms with E-state index < -0.39 is 0 Å². The van der Waals surface area contributed by atoms with Crippen LogP contribution < -0.4 is 10.5 Å². The van der Waals surface area contributed by atoms with E-state index in [1.807, 2.05) is 24.3 Å². The van der Waals surface area contributed by atoms with Gasteiger partial charge in [0.25, 0.3) is 0 Å². The number of benzene rings is 1. The van der Waals surface area contributed by atoms with Crippen molar-refractivity contribution in [2.24, 2.45) is 5.73 Å². The summed E-state index contributed by atoms with van der Waals surface area (Å²) in [4.78, 5) is 2.33. The summed E-state index contributed by atoms with van der Waals surface area (Å²) in [6.07, 6.45) is 2.43. The highest BCUT2D eigenvalue weighted by Gasteiger charge is 2.13. The molecular formula is C15H26N2O. The zero-order valence-corrected chi connectivity index (χ0v) is 12.0. The largest absolute Gasteiger partial charge is 0.497 e. The summed E-state index contributed by atoms with van der Waals surface area (Å²) in [6.45, 7) is 5.35. The fraction of sp³-hybridized carbons (Fsp3) is 0.600. The Labute approximate surface area is 111 Å². The summed E-state index contributed by atoms with van der Waals surface area (Å²) in [7, 11) is 3.82. The van der Waals surface area contributed by atoms with Crippen molar-refractivity contribution >= 4 is 0 Å². The first-order valence-corrected chi connectivity index (χ1v) is 6.68. The van der Waals surface area contributed by atoms with Gasteiger partial charge in [-0.05, 0) is 38.1 Å². The normalized spacial score (nSPS) is 14.6. The molecule has 1 aromatic rings. The summed E-state index contributed by atoms with van der Waals surface area (Å²) in [5.41, 5.74) is 7.40. The molecule has 0 heterocycles. The van der Waals surface area contributed by atoms with Crippen LogP contribution in [-0.4, -0.2) is 31.6 Å². The molecule has 0 radical (unpaired) electrons. The van der Waals surface area contributed by atoms with E-state index in [0.29, 0.717) is 6.04 Å². The third-order valence-corrected chi connectivity index (χ3v) is 3.49. The molecule has 2 unspecified atom stereocenters. The summed E-state index contributed by atoms with van der Waals surface area (Å²) >= 11 is 0. The van der Waals surface area contributed by atoms with Gasteiger partial charge in [-0.1, -0.05) is 25.5 Å². The zero-order chi connectivity index (χ0) is 13.5. The van der Waals surface area contributed by atoms with Crippen LogP contribution in [0.1, 0.15) is 38.3 Å². The first kappa shape index (κ1) is 15.0.